The lowest BCUT2D eigenvalue weighted by atomic mass is 10.1. The minimum Gasteiger partial charge on any atom is -0.230 e. The number of hydrogen-bond acceptors (Lipinski definition) is 5. The first-order valence-electron chi connectivity index (χ1n) is 9.27. The van der Waals surface area contributed by atoms with Crippen molar-refractivity contribution >= 4 is 43.3 Å². The van der Waals surface area contributed by atoms with Gasteiger partial charge in [-0.1, -0.05) is 66.4 Å². The maximum Gasteiger partial charge on any atom is 0.240 e. The van der Waals surface area contributed by atoms with Gasteiger partial charge in [-0.15, -0.1) is 11.3 Å². The Hall–Kier alpha value is -2.19. The standard InChI is InChI=1S/C22H18N2O2S3/c25-29(26,16-9-2-1-3-10-16)24-19-14-15-8-4-5-11-17(15)21(19)28-22-23-18-12-6-7-13-20(18)27-22/h1-13,19,21,24H,14H2/t19-,21-/m0/s1. The summed E-state index contributed by atoms with van der Waals surface area (Å²) in [6, 6.07) is 24.6. The normalized spacial score (nSPS) is 18.8. The van der Waals surface area contributed by atoms with Gasteiger partial charge in [-0.3, -0.25) is 0 Å². The number of sulfonamides is 1. The van der Waals surface area contributed by atoms with Crippen LogP contribution < -0.4 is 4.72 Å². The number of hydrogen-bond donors (Lipinski definition) is 1. The van der Waals surface area contributed by atoms with E-state index in [2.05, 4.69) is 22.9 Å². The van der Waals surface area contributed by atoms with Crippen molar-refractivity contribution in [3.05, 3.63) is 90.0 Å². The van der Waals surface area contributed by atoms with Crippen LogP contribution in [0.4, 0.5) is 0 Å². The summed E-state index contributed by atoms with van der Waals surface area (Å²) in [7, 11) is -3.59. The zero-order valence-corrected chi connectivity index (χ0v) is 17.8. The number of thiazole rings is 1. The third-order valence-electron chi connectivity index (χ3n) is 5.03. The molecule has 5 rings (SSSR count). The largest absolute Gasteiger partial charge is 0.240 e. The van der Waals surface area contributed by atoms with Gasteiger partial charge in [0.1, 0.15) is 0 Å². The van der Waals surface area contributed by atoms with Gasteiger partial charge >= 0.3 is 0 Å². The molecule has 0 spiro atoms. The van der Waals surface area contributed by atoms with Crippen LogP contribution in [0.5, 0.6) is 0 Å². The van der Waals surface area contributed by atoms with E-state index >= 15 is 0 Å². The lowest BCUT2D eigenvalue weighted by Gasteiger charge is -2.20. The third kappa shape index (κ3) is 3.71. The van der Waals surface area contributed by atoms with Crippen molar-refractivity contribution in [1.82, 2.24) is 9.71 Å². The van der Waals surface area contributed by atoms with Crippen LogP contribution in [0.2, 0.25) is 0 Å². The first-order valence-corrected chi connectivity index (χ1v) is 12.5. The first kappa shape index (κ1) is 18.8. The van der Waals surface area contributed by atoms with Gasteiger partial charge in [0.25, 0.3) is 0 Å². The monoisotopic (exact) mass is 438 g/mol. The fourth-order valence-electron chi connectivity index (χ4n) is 3.68. The molecule has 1 aliphatic rings. The summed E-state index contributed by atoms with van der Waals surface area (Å²) >= 11 is 3.29. The summed E-state index contributed by atoms with van der Waals surface area (Å²) in [5.41, 5.74) is 3.34. The van der Waals surface area contributed by atoms with Crippen molar-refractivity contribution in [2.24, 2.45) is 0 Å². The fourth-order valence-corrected chi connectivity index (χ4v) is 7.56. The first-order chi connectivity index (χ1) is 14.1. The molecule has 0 unspecified atom stereocenters. The van der Waals surface area contributed by atoms with Gasteiger partial charge in [0.05, 0.1) is 20.4 Å². The second-order valence-corrected chi connectivity index (χ2v) is 11.1. The van der Waals surface area contributed by atoms with Gasteiger partial charge in [-0.25, -0.2) is 18.1 Å². The Labute approximate surface area is 178 Å². The zero-order valence-electron chi connectivity index (χ0n) is 15.4. The molecule has 0 radical (unpaired) electrons. The molecule has 2 atom stereocenters. The summed E-state index contributed by atoms with van der Waals surface area (Å²) < 4.78 is 30.9. The number of thioether (sulfide) groups is 1. The van der Waals surface area contributed by atoms with Gasteiger partial charge in [0.15, 0.2) is 4.34 Å². The zero-order chi connectivity index (χ0) is 19.8. The predicted octanol–water partition coefficient (Wildman–Crippen LogP) is 5.03. The van der Waals surface area contributed by atoms with Crippen LogP contribution in [-0.2, 0) is 16.4 Å². The summed E-state index contributed by atoms with van der Waals surface area (Å²) in [4.78, 5) is 5.03. The quantitative estimate of drug-likeness (QED) is 0.475. The van der Waals surface area contributed by atoms with Crippen LogP contribution in [0.1, 0.15) is 16.4 Å². The van der Waals surface area contributed by atoms with Crippen molar-refractivity contribution in [3.63, 3.8) is 0 Å². The molecule has 1 aliphatic carbocycles. The average Bonchev–Trinajstić information content (AvgIpc) is 3.29. The maximum absolute atomic E-state index is 12.9. The van der Waals surface area contributed by atoms with Crippen LogP contribution >= 0.6 is 23.1 Å². The summed E-state index contributed by atoms with van der Waals surface area (Å²) in [6.45, 7) is 0. The van der Waals surface area contributed by atoms with E-state index in [-0.39, 0.29) is 11.3 Å². The van der Waals surface area contributed by atoms with E-state index in [1.165, 1.54) is 11.1 Å². The van der Waals surface area contributed by atoms with Gasteiger partial charge in [0, 0.05) is 6.04 Å². The summed E-state index contributed by atoms with van der Waals surface area (Å²) in [5, 5.41) is -0.0229. The fraction of sp³-hybridized carbons (Fsp3) is 0.136. The highest BCUT2D eigenvalue weighted by Crippen LogP contribution is 2.46. The molecular weight excluding hydrogens is 420 g/mol. The number of nitrogens with zero attached hydrogens (tertiary/aromatic N) is 1. The molecule has 0 aliphatic heterocycles. The van der Waals surface area contributed by atoms with E-state index in [1.54, 1.807) is 47.4 Å². The molecule has 1 N–H and O–H groups in total. The Kier molecular flexibility index (Phi) is 4.91. The summed E-state index contributed by atoms with van der Waals surface area (Å²) in [5.74, 6) is 0. The Morgan fingerprint density at radius 1 is 0.931 bits per heavy atom. The Bertz CT molecular complexity index is 1240. The molecule has 29 heavy (non-hydrogen) atoms. The summed E-state index contributed by atoms with van der Waals surface area (Å²) in [6.07, 6.45) is 0.671. The molecule has 0 saturated heterocycles. The Balaban J connectivity index is 1.48. The van der Waals surface area contributed by atoms with E-state index in [1.807, 2.05) is 36.4 Å². The van der Waals surface area contributed by atoms with Crippen molar-refractivity contribution < 1.29 is 8.42 Å². The van der Waals surface area contributed by atoms with Crippen molar-refractivity contribution in [2.75, 3.05) is 0 Å². The highest BCUT2D eigenvalue weighted by atomic mass is 32.2. The lowest BCUT2D eigenvalue weighted by molar-refractivity contribution is 0.553. The molecule has 0 fully saturated rings. The van der Waals surface area contributed by atoms with Gasteiger partial charge in [-0.05, 0) is 41.8 Å². The molecule has 0 amide bonds. The highest BCUT2D eigenvalue weighted by Gasteiger charge is 2.36. The molecule has 3 aromatic carbocycles. The second-order valence-electron chi connectivity index (χ2n) is 6.93. The van der Waals surface area contributed by atoms with E-state index < -0.39 is 10.0 Å². The number of benzene rings is 3. The number of rotatable bonds is 5. The van der Waals surface area contributed by atoms with E-state index in [0.29, 0.717) is 11.3 Å². The number of fused-ring (bicyclic) bond motifs is 2. The molecule has 7 heteroatoms. The van der Waals surface area contributed by atoms with Gasteiger partial charge in [0.2, 0.25) is 10.0 Å². The Morgan fingerprint density at radius 2 is 1.66 bits per heavy atom. The Morgan fingerprint density at radius 3 is 2.48 bits per heavy atom. The molecule has 0 saturated carbocycles. The van der Waals surface area contributed by atoms with Crippen LogP contribution in [0.3, 0.4) is 0 Å². The second kappa shape index (κ2) is 7.57. The maximum atomic E-state index is 12.9. The minimum atomic E-state index is -3.59. The average molecular weight is 439 g/mol. The third-order valence-corrected chi connectivity index (χ3v) is 9.03. The van der Waals surface area contributed by atoms with Crippen LogP contribution in [0.25, 0.3) is 10.2 Å². The number of para-hydroxylation sites is 1. The van der Waals surface area contributed by atoms with Crippen LogP contribution in [0.15, 0.2) is 88.1 Å². The van der Waals surface area contributed by atoms with Crippen molar-refractivity contribution in [3.8, 4) is 0 Å². The molecular formula is C22H18N2O2S3. The van der Waals surface area contributed by atoms with Crippen LogP contribution in [-0.4, -0.2) is 19.4 Å². The molecule has 146 valence electrons. The van der Waals surface area contributed by atoms with Gasteiger partial charge in [-0.2, -0.15) is 0 Å². The van der Waals surface area contributed by atoms with E-state index in [0.717, 1.165) is 14.6 Å². The van der Waals surface area contributed by atoms with Gasteiger partial charge < -0.3 is 0 Å². The smallest absolute Gasteiger partial charge is 0.230 e. The minimum absolute atomic E-state index is 0.0229. The number of nitrogens with one attached hydrogen (secondary N) is 1. The van der Waals surface area contributed by atoms with E-state index in [4.69, 9.17) is 4.98 Å². The molecule has 0 bridgehead atoms. The highest BCUT2D eigenvalue weighted by molar-refractivity contribution is 8.01. The molecule has 4 nitrogen and oxygen atoms in total. The topological polar surface area (TPSA) is 59.1 Å². The lowest BCUT2D eigenvalue weighted by Crippen LogP contribution is -2.36. The van der Waals surface area contributed by atoms with E-state index in [9.17, 15) is 8.42 Å². The van der Waals surface area contributed by atoms with Crippen LogP contribution in [0, 0.1) is 0 Å². The van der Waals surface area contributed by atoms with Crippen molar-refractivity contribution in [2.45, 2.75) is 26.9 Å². The molecule has 1 aromatic heterocycles. The predicted molar refractivity (Wildman–Crippen MR) is 119 cm³/mol. The molecule has 1 heterocycles. The SMILES string of the molecule is O=S(=O)(N[C@H]1Cc2ccccc2[C@@H]1Sc1nc2ccccc2s1)c1ccccc1. The molecule has 4 aromatic rings. The van der Waals surface area contributed by atoms with Crippen molar-refractivity contribution in [1.29, 1.82) is 0 Å². The number of aromatic nitrogens is 1.